The van der Waals surface area contributed by atoms with Crippen molar-refractivity contribution in [3.8, 4) is 0 Å². The van der Waals surface area contributed by atoms with Crippen LogP contribution >= 0.6 is 11.3 Å². The van der Waals surface area contributed by atoms with Crippen LogP contribution in [0.25, 0.3) is 0 Å². The van der Waals surface area contributed by atoms with Gasteiger partial charge in [-0.15, -0.1) is 11.3 Å². The number of rotatable bonds is 3. The van der Waals surface area contributed by atoms with Crippen molar-refractivity contribution in [1.82, 2.24) is 15.2 Å². The van der Waals surface area contributed by atoms with Gasteiger partial charge in [-0.1, -0.05) is 0 Å². The van der Waals surface area contributed by atoms with Gasteiger partial charge < -0.3 is 10.2 Å². The summed E-state index contributed by atoms with van der Waals surface area (Å²) in [7, 11) is 0. The zero-order valence-corrected chi connectivity index (χ0v) is 11.9. The van der Waals surface area contributed by atoms with Crippen LogP contribution < -0.4 is 5.32 Å². The molecule has 1 saturated heterocycles. The Labute approximate surface area is 116 Å². The van der Waals surface area contributed by atoms with Crippen molar-refractivity contribution >= 4 is 23.2 Å². The minimum absolute atomic E-state index is 0.0429. The molecular formula is C13H17N3O2S. The van der Waals surface area contributed by atoms with Crippen LogP contribution in [0.1, 0.15) is 30.3 Å². The lowest BCUT2D eigenvalue weighted by Gasteiger charge is -2.37. The maximum atomic E-state index is 12.5. The van der Waals surface area contributed by atoms with Gasteiger partial charge in [0.25, 0.3) is 0 Å². The van der Waals surface area contributed by atoms with E-state index in [4.69, 9.17) is 0 Å². The van der Waals surface area contributed by atoms with Gasteiger partial charge in [0.1, 0.15) is 12.1 Å². The first-order valence-corrected chi connectivity index (χ1v) is 7.45. The average Bonchev–Trinajstić information content (AvgIpc) is 3.14. The van der Waals surface area contributed by atoms with Crippen molar-refractivity contribution < 1.29 is 9.59 Å². The molecule has 0 aromatic carbocycles. The van der Waals surface area contributed by atoms with Crippen LogP contribution in [0.2, 0.25) is 0 Å². The van der Waals surface area contributed by atoms with E-state index in [1.807, 2.05) is 6.92 Å². The minimum Gasteiger partial charge on any atom is -0.342 e. The number of hydrogen-bond donors (Lipinski definition) is 1. The second kappa shape index (κ2) is 4.59. The Morgan fingerprint density at radius 3 is 2.79 bits per heavy atom. The van der Waals surface area contributed by atoms with Gasteiger partial charge in [-0.2, -0.15) is 0 Å². The fourth-order valence-corrected chi connectivity index (χ4v) is 3.22. The lowest BCUT2D eigenvalue weighted by atomic mass is 10.0. The number of piperazine rings is 1. The summed E-state index contributed by atoms with van der Waals surface area (Å²) in [5, 5.41) is 2.86. The Hall–Kier alpha value is -1.43. The van der Waals surface area contributed by atoms with E-state index in [1.165, 1.54) is 11.3 Å². The number of amides is 2. The highest BCUT2D eigenvalue weighted by Gasteiger charge is 2.45. The van der Waals surface area contributed by atoms with Crippen LogP contribution in [0, 0.1) is 12.8 Å². The van der Waals surface area contributed by atoms with E-state index in [0.717, 1.165) is 23.4 Å². The first-order chi connectivity index (χ1) is 9.08. The molecule has 2 unspecified atom stereocenters. The predicted molar refractivity (Wildman–Crippen MR) is 71.5 cm³/mol. The molecule has 0 radical (unpaired) electrons. The Morgan fingerprint density at radius 2 is 2.21 bits per heavy atom. The van der Waals surface area contributed by atoms with E-state index < -0.39 is 6.04 Å². The molecule has 0 spiro atoms. The minimum atomic E-state index is -0.399. The summed E-state index contributed by atoms with van der Waals surface area (Å²) in [6, 6.07) is -0.707. The zero-order chi connectivity index (χ0) is 13.6. The fourth-order valence-electron chi connectivity index (χ4n) is 2.44. The van der Waals surface area contributed by atoms with Crippen LogP contribution in [0.5, 0.6) is 0 Å². The summed E-state index contributed by atoms with van der Waals surface area (Å²) in [6.45, 7) is 4.21. The number of nitrogens with one attached hydrogen (secondary N) is 1. The smallest absolute Gasteiger partial charge is 0.246 e. The Kier molecular flexibility index (Phi) is 3.05. The Balaban J connectivity index is 1.82. The second-order valence-corrected chi connectivity index (χ2v) is 6.27. The molecular weight excluding hydrogens is 262 g/mol. The molecule has 2 fully saturated rings. The number of carbonyl (C=O) groups excluding carboxylic acids is 2. The molecule has 19 heavy (non-hydrogen) atoms. The molecule has 1 aliphatic heterocycles. The molecule has 5 nitrogen and oxygen atoms in total. The van der Waals surface area contributed by atoms with E-state index in [9.17, 15) is 9.59 Å². The van der Waals surface area contributed by atoms with Crippen molar-refractivity contribution in [2.45, 2.75) is 45.3 Å². The Morgan fingerprint density at radius 1 is 1.47 bits per heavy atom. The number of hydrogen-bond acceptors (Lipinski definition) is 4. The molecule has 2 amide bonds. The van der Waals surface area contributed by atoms with Gasteiger partial charge in [0.15, 0.2) is 0 Å². The molecule has 2 aliphatic rings. The van der Waals surface area contributed by atoms with Crippen LogP contribution in [0.4, 0.5) is 0 Å². The molecule has 1 aromatic rings. The van der Waals surface area contributed by atoms with Crippen molar-refractivity contribution in [1.29, 1.82) is 0 Å². The summed E-state index contributed by atoms with van der Waals surface area (Å²) < 4.78 is 0. The molecule has 1 aromatic heterocycles. The zero-order valence-electron chi connectivity index (χ0n) is 11.0. The molecule has 1 N–H and O–H groups in total. The van der Waals surface area contributed by atoms with E-state index >= 15 is 0 Å². The molecule has 1 saturated carbocycles. The average molecular weight is 279 g/mol. The summed E-state index contributed by atoms with van der Waals surface area (Å²) in [4.78, 5) is 31.4. The van der Waals surface area contributed by atoms with Crippen LogP contribution in [0.15, 0.2) is 5.51 Å². The third kappa shape index (κ3) is 2.25. The first kappa shape index (κ1) is 12.6. The maximum Gasteiger partial charge on any atom is 0.246 e. The van der Waals surface area contributed by atoms with Crippen molar-refractivity contribution in [2.24, 2.45) is 5.92 Å². The van der Waals surface area contributed by atoms with Crippen LogP contribution in [0.3, 0.4) is 0 Å². The topological polar surface area (TPSA) is 62.3 Å². The van der Waals surface area contributed by atoms with E-state index in [2.05, 4.69) is 10.3 Å². The fraction of sp³-hybridized carbons (Fsp3) is 0.615. The van der Waals surface area contributed by atoms with Crippen molar-refractivity contribution in [3.63, 3.8) is 0 Å². The summed E-state index contributed by atoms with van der Waals surface area (Å²) in [6.07, 6.45) is 2.08. The second-order valence-electron chi connectivity index (χ2n) is 5.33. The van der Waals surface area contributed by atoms with Crippen molar-refractivity contribution in [3.05, 3.63) is 16.1 Å². The third-order valence-corrected chi connectivity index (χ3v) is 4.87. The van der Waals surface area contributed by atoms with Gasteiger partial charge in [0, 0.05) is 4.88 Å². The normalized spacial score (nSPS) is 27.6. The number of carbonyl (C=O) groups is 2. The summed E-state index contributed by atoms with van der Waals surface area (Å²) in [5.41, 5.74) is 2.72. The largest absolute Gasteiger partial charge is 0.342 e. The monoisotopic (exact) mass is 279 g/mol. The highest BCUT2D eigenvalue weighted by atomic mass is 32.1. The van der Waals surface area contributed by atoms with Gasteiger partial charge in [-0.25, -0.2) is 4.98 Å². The lowest BCUT2D eigenvalue weighted by molar-refractivity contribution is -0.149. The van der Waals surface area contributed by atoms with Gasteiger partial charge in [-0.3, -0.25) is 9.59 Å². The highest BCUT2D eigenvalue weighted by molar-refractivity contribution is 7.09. The van der Waals surface area contributed by atoms with E-state index in [0.29, 0.717) is 12.5 Å². The molecule has 2 heterocycles. The molecule has 6 heteroatoms. The quantitative estimate of drug-likeness (QED) is 0.900. The van der Waals surface area contributed by atoms with Gasteiger partial charge >= 0.3 is 0 Å². The predicted octanol–water partition coefficient (Wildman–Crippen LogP) is 1.08. The SMILES string of the molecule is Cc1ncsc1CN1C(=O)C(C2CC2)NC(=O)C1C. The van der Waals surface area contributed by atoms with Crippen molar-refractivity contribution in [2.75, 3.05) is 0 Å². The Bertz CT molecular complexity index is 524. The molecule has 2 atom stereocenters. The van der Waals surface area contributed by atoms with Crippen LogP contribution in [-0.2, 0) is 16.1 Å². The maximum absolute atomic E-state index is 12.5. The lowest BCUT2D eigenvalue weighted by Crippen LogP contribution is -2.62. The molecule has 3 rings (SSSR count). The van der Waals surface area contributed by atoms with E-state index in [1.54, 1.807) is 17.3 Å². The molecule has 1 aliphatic carbocycles. The molecule has 102 valence electrons. The number of nitrogens with zero attached hydrogens (tertiary/aromatic N) is 2. The number of thiazole rings is 1. The van der Waals surface area contributed by atoms with Crippen LogP contribution in [-0.4, -0.2) is 33.8 Å². The standard InChI is InChI=1S/C13H17N3O2S/c1-7-10(19-6-14-7)5-16-8(2)12(17)15-11(13(16)18)9-3-4-9/h6,8-9,11H,3-5H2,1-2H3,(H,15,17). The highest BCUT2D eigenvalue weighted by Crippen LogP contribution is 2.35. The summed E-state index contributed by atoms with van der Waals surface area (Å²) in [5.74, 6) is 0.357. The first-order valence-electron chi connectivity index (χ1n) is 6.57. The third-order valence-electron chi connectivity index (χ3n) is 3.95. The van der Waals surface area contributed by atoms with Gasteiger partial charge in [0.2, 0.25) is 11.8 Å². The van der Waals surface area contributed by atoms with Gasteiger partial charge in [0.05, 0.1) is 17.7 Å². The molecule has 0 bridgehead atoms. The summed E-state index contributed by atoms with van der Waals surface area (Å²) >= 11 is 1.54. The van der Waals surface area contributed by atoms with E-state index in [-0.39, 0.29) is 17.9 Å². The number of aryl methyl sites for hydroxylation is 1. The van der Waals surface area contributed by atoms with Gasteiger partial charge in [-0.05, 0) is 32.6 Å². The number of aromatic nitrogens is 1.